The molecule has 0 atom stereocenters. The summed E-state index contributed by atoms with van der Waals surface area (Å²) >= 11 is 1.36. The van der Waals surface area contributed by atoms with Gasteiger partial charge in [-0.15, -0.1) is 0 Å². The minimum absolute atomic E-state index is 0.574. The summed E-state index contributed by atoms with van der Waals surface area (Å²) in [4.78, 5) is 0. The molecule has 0 aromatic rings. The number of nitriles is 1. The van der Waals surface area contributed by atoms with Crippen molar-refractivity contribution >= 4 is 11.8 Å². The second-order valence-corrected chi connectivity index (χ2v) is 2.57. The first-order valence-electron chi connectivity index (χ1n) is 2.19. The van der Waals surface area contributed by atoms with Gasteiger partial charge in [0.1, 0.15) is 5.40 Å². The molecule has 38 valence electrons. The van der Waals surface area contributed by atoms with Crippen LogP contribution in [0.15, 0.2) is 0 Å². The molecule has 1 N–H and O–H groups in total. The number of rotatable bonds is 1. The lowest BCUT2D eigenvalue weighted by molar-refractivity contribution is 0.545. The molecule has 1 saturated heterocycles. The lowest BCUT2D eigenvalue weighted by Gasteiger charge is -2.22. The number of hydrogen-bond donors (Lipinski definition) is 1. The van der Waals surface area contributed by atoms with Crippen LogP contribution in [0.1, 0.15) is 0 Å². The molecule has 0 spiro atoms. The summed E-state index contributed by atoms with van der Waals surface area (Å²) in [5.74, 6) is 0. The molecule has 0 radical (unpaired) electrons. The van der Waals surface area contributed by atoms with Crippen LogP contribution < -0.4 is 5.32 Å². The standard InChI is InChI=1S/C4H6N2S/c5-3-7-4-1-6-2-4/h4,6H,1-2H2. The van der Waals surface area contributed by atoms with Crippen molar-refractivity contribution < 1.29 is 0 Å². The third kappa shape index (κ3) is 1.08. The zero-order valence-electron chi connectivity index (χ0n) is 3.85. The molecule has 1 aliphatic heterocycles. The summed E-state index contributed by atoms with van der Waals surface area (Å²) in [6, 6.07) is 0. The summed E-state index contributed by atoms with van der Waals surface area (Å²) in [5, 5.41) is 13.8. The molecule has 2 nitrogen and oxygen atoms in total. The largest absolute Gasteiger partial charge is 0.314 e. The maximum atomic E-state index is 8.09. The molecule has 0 aromatic carbocycles. The van der Waals surface area contributed by atoms with Crippen LogP contribution in [0.2, 0.25) is 0 Å². The summed E-state index contributed by atoms with van der Waals surface area (Å²) < 4.78 is 0. The van der Waals surface area contributed by atoms with E-state index in [0.717, 1.165) is 13.1 Å². The lowest BCUT2D eigenvalue weighted by atomic mass is 10.3. The molecular formula is C4H6N2S. The van der Waals surface area contributed by atoms with Crippen molar-refractivity contribution in [3.63, 3.8) is 0 Å². The third-order valence-electron chi connectivity index (χ3n) is 0.963. The van der Waals surface area contributed by atoms with Crippen LogP contribution in [-0.2, 0) is 0 Å². The number of nitrogens with one attached hydrogen (secondary N) is 1. The van der Waals surface area contributed by atoms with Crippen molar-refractivity contribution in [3.05, 3.63) is 0 Å². The molecule has 0 amide bonds. The van der Waals surface area contributed by atoms with Gasteiger partial charge in [-0.3, -0.25) is 0 Å². The lowest BCUT2D eigenvalue weighted by Crippen LogP contribution is -2.44. The van der Waals surface area contributed by atoms with Crippen LogP contribution in [0.3, 0.4) is 0 Å². The zero-order valence-corrected chi connectivity index (χ0v) is 4.66. The smallest absolute Gasteiger partial charge is 0.133 e. The molecule has 1 fully saturated rings. The fourth-order valence-corrected chi connectivity index (χ4v) is 0.971. The van der Waals surface area contributed by atoms with Crippen molar-refractivity contribution in [1.82, 2.24) is 5.32 Å². The fraction of sp³-hybridized carbons (Fsp3) is 0.750. The highest BCUT2D eigenvalue weighted by Gasteiger charge is 2.15. The SMILES string of the molecule is N#CSC1CNC1. The van der Waals surface area contributed by atoms with Crippen LogP contribution in [0.5, 0.6) is 0 Å². The maximum absolute atomic E-state index is 8.09. The van der Waals surface area contributed by atoms with Crippen molar-refractivity contribution in [1.29, 1.82) is 5.26 Å². The molecule has 0 unspecified atom stereocenters. The van der Waals surface area contributed by atoms with Crippen LogP contribution in [-0.4, -0.2) is 18.3 Å². The van der Waals surface area contributed by atoms with E-state index < -0.39 is 0 Å². The molecule has 1 aliphatic rings. The van der Waals surface area contributed by atoms with Gasteiger partial charge in [-0.05, 0) is 11.8 Å². The van der Waals surface area contributed by atoms with Crippen molar-refractivity contribution in [2.45, 2.75) is 5.25 Å². The van der Waals surface area contributed by atoms with Gasteiger partial charge in [0.2, 0.25) is 0 Å². The van der Waals surface area contributed by atoms with Gasteiger partial charge in [-0.2, -0.15) is 5.26 Å². The highest BCUT2D eigenvalue weighted by atomic mass is 32.2. The highest BCUT2D eigenvalue weighted by Crippen LogP contribution is 2.11. The number of thioether (sulfide) groups is 1. The van der Waals surface area contributed by atoms with Gasteiger partial charge < -0.3 is 5.32 Å². The topological polar surface area (TPSA) is 35.8 Å². The third-order valence-corrected chi connectivity index (χ3v) is 1.74. The number of hydrogen-bond acceptors (Lipinski definition) is 3. The molecule has 0 saturated carbocycles. The Balaban J connectivity index is 2.06. The van der Waals surface area contributed by atoms with Gasteiger partial charge in [-0.25, -0.2) is 0 Å². The fourth-order valence-electron chi connectivity index (χ4n) is 0.420. The molecule has 3 heteroatoms. The van der Waals surface area contributed by atoms with E-state index in [1.807, 2.05) is 5.40 Å². The minimum Gasteiger partial charge on any atom is -0.314 e. The summed E-state index contributed by atoms with van der Waals surface area (Å²) in [5.41, 5.74) is 0. The van der Waals surface area contributed by atoms with E-state index in [-0.39, 0.29) is 0 Å². The molecule has 0 aliphatic carbocycles. The van der Waals surface area contributed by atoms with E-state index in [1.54, 1.807) is 0 Å². The van der Waals surface area contributed by atoms with Crippen LogP contribution in [0.4, 0.5) is 0 Å². The van der Waals surface area contributed by atoms with Gasteiger partial charge in [0.05, 0.1) is 0 Å². The predicted octanol–water partition coefficient (Wildman–Crippen LogP) is 0.172. The average molecular weight is 114 g/mol. The van der Waals surface area contributed by atoms with E-state index in [0.29, 0.717) is 5.25 Å². The monoisotopic (exact) mass is 114 g/mol. The second-order valence-electron chi connectivity index (χ2n) is 1.49. The van der Waals surface area contributed by atoms with Gasteiger partial charge in [0, 0.05) is 18.3 Å². The molecule has 7 heavy (non-hydrogen) atoms. The van der Waals surface area contributed by atoms with Gasteiger partial charge >= 0.3 is 0 Å². The molecule has 1 heterocycles. The summed E-state index contributed by atoms with van der Waals surface area (Å²) in [6.45, 7) is 2.02. The molecule has 1 rings (SSSR count). The maximum Gasteiger partial charge on any atom is 0.133 e. The Morgan fingerprint density at radius 1 is 1.71 bits per heavy atom. The Bertz CT molecular complexity index is 92.4. The Hall–Kier alpha value is -0.200. The quantitative estimate of drug-likeness (QED) is 0.494. The number of thiocyanates is 1. The molecular weight excluding hydrogens is 108 g/mol. The first-order chi connectivity index (χ1) is 3.43. The van der Waals surface area contributed by atoms with Crippen LogP contribution >= 0.6 is 11.8 Å². The molecule has 0 bridgehead atoms. The summed E-state index contributed by atoms with van der Waals surface area (Å²) in [7, 11) is 0. The van der Waals surface area contributed by atoms with E-state index in [4.69, 9.17) is 5.26 Å². The Morgan fingerprint density at radius 2 is 2.43 bits per heavy atom. The molecule has 0 aromatic heterocycles. The first kappa shape index (κ1) is 4.95. The van der Waals surface area contributed by atoms with E-state index >= 15 is 0 Å². The van der Waals surface area contributed by atoms with Crippen molar-refractivity contribution in [3.8, 4) is 5.40 Å². The average Bonchev–Trinajstić information content (AvgIpc) is 1.55. The van der Waals surface area contributed by atoms with E-state index in [2.05, 4.69) is 5.32 Å². The van der Waals surface area contributed by atoms with Crippen LogP contribution in [0.25, 0.3) is 0 Å². The summed E-state index contributed by atoms with van der Waals surface area (Å²) in [6.07, 6.45) is 0. The van der Waals surface area contributed by atoms with Gasteiger partial charge in [0.15, 0.2) is 0 Å². The minimum atomic E-state index is 0.574. The second kappa shape index (κ2) is 2.20. The van der Waals surface area contributed by atoms with Gasteiger partial charge in [0.25, 0.3) is 0 Å². The van der Waals surface area contributed by atoms with Crippen molar-refractivity contribution in [2.24, 2.45) is 0 Å². The van der Waals surface area contributed by atoms with Crippen LogP contribution in [0, 0.1) is 10.7 Å². The van der Waals surface area contributed by atoms with E-state index in [9.17, 15) is 0 Å². The Morgan fingerprint density at radius 3 is 2.57 bits per heavy atom. The van der Waals surface area contributed by atoms with Crippen molar-refractivity contribution in [2.75, 3.05) is 13.1 Å². The Kier molecular flexibility index (Phi) is 1.55. The predicted molar refractivity (Wildman–Crippen MR) is 29.9 cm³/mol. The number of nitrogens with zero attached hydrogens (tertiary/aromatic N) is 1. The zero-order chi connectivity index (χ0) is 5.11. The normalized spacial score (nSPS) is 20.4. The Labute approximate surface area is 46.9 Å². The van der Waals surface area contributed by atoms with E-state index in [1.165, 1.54) is 11.8 Å². The highest BCUT2D eigenvalue weighted by molar-refractivity contribution is 8.04. The first-order valence-corrected chi connectivity index (χ1v) is 3.07. The van der Waals surface area contributed by atoms with Gasteiger partial charge in [-0.1, -0.05) is 0 Å².